The fourth-order valence-corrected chi connectivity index (χ4v) is 2.55. The molecule has 0 radical (unpaired) electrons. The molecule has 0 spiro atoms. The second-order valence-corrected chi connectivity index (χ2v) is 5.40. The van der Waals surface area contributed by atoms with Gasteiger partial charge in [0, 0.05) is 19.5 Å². The van der Waals surface area contributed by atoms with Gasteiger partial charge in [0.25, 0.3) is 0 Å². The number of unbranched alkanes of at least 4 members (excludes halogenated alkanes) is 2. The van der Waals surface area contributed by atoms with Gasteiger partial charge in [-0.3, -0.25) is 9.59 Å². The van der Waals surface area contributed by atoms with Crippen LogP contribution < -0.4 is 10.6 Å². The summed E-state index contributed by atoms with van der Waals surface area (Å²) in [6.07, 6.45) is 3.24. The number of hydrogen-bond donors (Lipinski definition) is 3. The molecule has 5 nitrogen and oxygen atoms in total. The first-order valence-corrected chi connectivity index (χ1v) is 7.46. The lowest BCUT2D eigenvalue weighted by molar-refractivity contribution is -0.137. The van der Waals surface area contributed by atoms with Crippen LogP contribution in [0.15, 0.2) is 24.3 Å². The Labute approximate surface area is 124 Å². The van der Waals surface area contributed by atoms with Gasteiger partial charge in [-0.2, -0.15) is 0 Å². The number of carbonyl (C=O) groups is 2. The predicted octanol–water partition coefficient (Wildman–Crippen LogP) is 1.46. The Bertz CT molecular complexity index is 502. The summed E-state index contributed by atoms with van der Waals surface area (Å²) in [6.45, 7) is 1.34. The maximum absolute atomic E-state index is 12.1. The molecule has 114 valence electrons. The molecule has 1 aliphatic rings. The van der Waals surface area contributed by atoms with Crippen molar-refractivity contribution >= 4 is 11.9 Å². The highest BCUT2D eigenvalue weighted by Crippen LogP contribution is 2.16. The van der Waals surface area contributed by atoms with Crippen molar-refractivity contribution in [3.8, 4) is 0 Å². The number of amides is 1. The van der Waals surface area contributed by atoms with Crippen molar-refractivity contribution in [2.45, 2.75) is 44.7 Å². The van der Waals surface area contributed by atoms with Crippen LogP contribution in [0.25, 0.3) is 0 Å². The number of carboxylic acid groups (broad SMARTS) is 1. The monoisotopic (exact) mass is 290 g/mol. The quantitative estimate of drug-likeness (QED) is 0.664. The van der Waals surface area contributed by atoms with Crippen LogP contribution in [0, 0.1) is 0 Å². The number of carboxylic acids is 1. The Morgan fingerprint density at radius 1 is 1.19 bits per heavy atom. The molecule has 2 rings (SSSR count). The molecule has 0 aromatic heterocycles. The molecule has 0 bridgehead atoms. The molecular weight excluding hydrogens is 268 g/mol. The average Bonchev–Trinajstić information content (AvgIpc) is 2.49. The third-order valence-corrected chi connectivity index (χ3v) is 3.76. The highest BCUT2D eigenvalue weighted by Gasteiger charge is 2.23. The highest BCUT2D eigenvalue weighted by molar-refractivity contribution is 5.82. The van der Waals surface area contributed by atoms with Crippen molar-refractivity contribution in [3.05, 3.63) is 35.4 Å². The first kappa shape index (κ1) is 15.5. The standard InChI is InChI=1S/C16H22N2O3/c19-15(20)8-2-1-5-9-17-16(21)14-10-12-6-3-4-7-13(12)11-18-14/h3-4,6-7,14,18H,1-2,5,8-11H2,(H,17,21)(H,19,20)/t14-/m0/s1. The summed E-state index contributed by atoms with van der Waals surface area (Å²) < 4.78 is 0. The first-order valence-electron chi connectivity index (χ1n) is 7.46. The van der Waals surface area contributed by atoms with E-state index in [4.69, 9.17) is 5.11 Å². The number of fused-ring (bicyclic) bond motifs is 1. The van der Waals surface area contributed by atoms with Crippen LogP contribution in [0.4, 0.5) is 0 Å². The molecule has 1 heterocycles. The Hall–Kier alpha value is -1.88. The molecule has 0 saturated carbocycles. The minimum Gasteiger partial charge on any atom is -0.481 e. The van der Waals surface area contributed by atoms with Crippen LogP contribution in [0.2, 0.25) is 0 Å². The number of aliphatic carboxylic acids is 1. The lowest BCUT2D eigenvalue weighted by Crippen LogP contribution is -2.47. The largest absolute Gasteiger partial charge is 0.481 e. The average molecular weight is 290 g/mol. The van der Waals surface area contributed by atoms with E-state index in [1.807, 2.05) is 12.1 Å². The zero-order valence-electron chi connectivity index (χ0n) is 12.1. The fourth-order valence-electron chi connectivity index (χ4n) is 2.55. The van der Waals surface area contributed by atoms with Crippen molar-refractivity contribution in [2.75, 3.05) is 6.54 Å². The van der Waals surface area contributed by atoms with Gasteiger partial charge in [-0.25, -0.2) is 0 Å². The molecule has 5 heteroatoms. The topological polar surface area (TPSA) is 78.4 Å². The lowest BCUT2D eigenvalue weighted by atomic mass is 9.95. The number of nitrogens with one attached hydrogen (secondary N) is 2. The SMILES string of the molecule is O=C(O)CCCCCNC(=O)[C@@H]1Cc2ccccc2CN1. The van der Waals surface area contributed by atoms with E-state index >= 15 is 0 Å². The molecule has 1 aromatic rings. The van der Waals surface area contributed by atoms with Gasteiger partial charge in [-0.1, -0.05) is 30.7 Å². The van der Waals surface area contributed by atoms with Gasteiger partial charge in [0.2, 0.25) is 5.91 Å². The number of rotatable bonds is 7. The van der Waals surface area contributed by atoms with Crippen LogP contribution in [-0.2, 0) is 22.6 Å². The van der Waals surface area contributed by atoms with Crippen LogP contribution in [0.3, 0.4) is 0 Å². The summed E-state index contributed by atoms with van der Waals surface area (Å²) in [5.74, 6) is -0.730. The number of carbonyl (C=O) groups excluding carboxylic acids is 1. The summed E-state index contributed by atoms with van der Waals surface area (Å²) in [6, 6.07) is 8.00. The molecular formula is C16H22N2O3. The van der Waals surface area contributed by atoms with E-state index in [0.717, 1.165) is 25.8 Å². The molecule has 1 aromatic carbocycles. The second-order valence-electron chi connectivity index (χ2n) is 5.40. The summed E-state index contributed by atoms with van der Waals surface area (Å²) in [7, 11) is 0. The molecule has 1 amide bonds. The van der Waals surface area contributed by atoms with Crippen LogP contribution in [0.5, 0.6) is 0 Å². The van der Waals surface area contributed by atoms with Gasteiger partial charge >= 0.3 is 5.97 Å². The Morgan fingerprint density at radius 3 is 2.71 bits per heavy atom. The van der Waals surface area contributed by atoms with Gasteiger partial charge in [0.15, 0.2) is 0 Å². The zero-order chi connectivity index (χ0) is 15.1. The maximum Gasteiger partial charge on any atom is 0.303 e. The first-order chi connectivity index (χ1) is 10.2. The van der Waals surface area contributed by atoms with Crippen molar-refractivity contribution < 1.29 is 14.7 Å². The van der Waals surface area contributed by atoms with E-state index in [-0.39, 0.29) is 18.4 Å². The van der Waals surface area contributed by atoms with Crippen LogP contribution in [0.1, 0.15) is 36.8 Å². The molecule has 3 N–H and O–H groups in total. The van der Waals surface area contributed by atoms with E-state index in [0.29, 0.717) is 13.0 Å². The van der Waals surface area contributed by atoms with E-state index in [9.17, 15) is 9.59 Å². The Kier molecular flexibility index (Phi) is 5.75. The van der Waals surface area contributed by atoms with Crippen molar-refractivity contribution in [1.29, 1.82) is 0 Å². The van der Waals surface area contributed by atoms with Crippen molar-refractivity contribution in [1.82, 2.24) is 10.6 Å². The highest BCUT2D eigenvalue weighted by atomic mass is 16.4. The number of benzene rings is 1. The molecule has 1 atom stereocenters. The molecule has 0 fully saturated rings. The van der Waals surface area contributed by atoms with Crippen LogP contribution >= 0.6 is 0 Å². The fraction of sp³-hybridized carbons (Fsp3) is 0.500. The normalized spacial score (nSPS) is 17.0. The summed E-state index contributed by atoms with van der Waals surface area (Å²) >= 11 is 0. The predicted molar refractivity (Wildman–Crippen MR) is 79.9 cm³/mol. The number of hydrogen-bond acceptors (Lipinski definition) is 3. The van der Waals surface area contributed by atoms with Gasteiger partial charge in [0.1, 0.15) is 0 Å². The van der Waals surface area contributed by atoms with Gasteiger partial charge < -0.3 is 15.7 Å². The molecule has 1 aliphatic heterocycles. The minimum absolute atomic E-state index is 0.0303. The van der Waals surface area contributed by atoms with Gasteiger partial charge in [0.05, 0.1) is 6.04 Å². The van der Waals surface area contributed by atoms with Gasteiger partial charge in [-0.05, 0) is 30.4 Å². The second kappa shape index (κ2) is 7.78. The van der Waals surface area contributed by atoms with E-state index in [1.54, 1.807) is 0 Å². The van der Waals surface area contributed by atoms with E-state index in [2.05, 4.69) is 22.8 Å². The third-order valence-electron chi connectivity index (χ3n) is 3.76. The smallest absolute Gasteiger partial charge is 0.303 e. The van der Waals surface area contributed by atoms with Gasteiger partial charge in [-0.15, -0.1) is 0 Å². The minimum atomic E-state index is -0.760. The Morgan fingerprint density at radius 2 is 1.95 bits per heavy atom. The molecule has 0 unspecified atom stereocenters. The van der Waals surface area contributed by atoms with Crippen molar-refractivity contribution in [3.63, 3.8) is 0 Å². The third kappa shape index (κ3) is 4.86. The van der Waals surface area contributed by atoms with Crippen LogP contribution in [-0.4, -0.2) is 29.6 Å². The molecule has 0 saturated heterocycles. The zero-order valence-corrected chi connectivity index (χ0v) is 12.1. The summed E-state index contributed by atoms with van der Waals surface area (Å²) in [5.41, 5.74) is 2.49. The van der Waals surface area contributed by atoms with E-state index in [1.165, 1.54) is 11.1 Å². The molecule has 21 heavy (non-hydrogen) atoms. The van der Waals surface area contributed by atoms with Crippen molar-refractivity contribution in [2.24, 2.45) is 0 Å². The summed E-state index contributed by atoms with van der Waals surface area (Å²) in [5, 5.41) is 14.7. The summed E-state index contributed by atoms with van der Waals surface area (Å²) in [4.78, 5) is 22.5. The molecule has 0 aliphatic carbocycles. The van der Waals surface area contributed by atoms with E-state index < -0.39 is 5.97 Å². The Balaban J connectivity index is 1.67. The maximum atomic E-state index is 12.1. The lowest BCUT2D eigenvalue weighted by Gasteiger charge is -2.25.